The average molecular weight is 343 g/mol. The van der Waals surface area contributed by atoms with Gasteiger partial charge in [-0.15, -0.1) is 0 Å². The number of sulfone groups is 1. The van der Waals surface area contributed by atoms with Gasteiger partial charge in [0.25, 0.3) is 0 Å². The minimum Gasteiger partial charge on any atom is -0.494 e. The van der Waals surface area contributed by atoms with Gasteiger partial charge >= 0.3 is 0 Å². The van der Waals surface area contributed by atoms with E-state index < -0.39 is 9.84 Å². The van der Waals surface area contributed by atoms with Gasteiger partial charge in [-0.2, -0.15) is 0 Å². The van der Waals surface area contributed by atoms with Crippen LogP contribution in [-0.4, -0.2) is 20.0 Å². The zero-order valence-corrected chi connectivity index (χ0v) is 14.0. The van der Waals surface area contributed by atoms with Crippen molar-refractivity contribution >= 4 is 9.84 Å². The summed E-state index contributed by atoms with van der Waals surface area (Å²) in [6, 6.07) is 15.8. The molecule has 0 aliphatic carbocycles. The van der Waals surface area contributed by atoms with Crippen molar-refractivity contribution in [2.24, 2.45) is 0 Å². The van der Waals surface area contributed by atoms with Gasteiger partial charge in [0.15, 0.2) is 15.6 Å². The fraction of sp³-hybridized carbons (Fsp3) is 0.167. The Hall–Kier alpha value is -2.60. The number of oxazole rings is 1. The van der Waals surface area contributed by atoms with E-state index >= 15 is 0 Å². The monoisotopic (exact) mass is 343 g/mol. The molecule has 1 aromatic heterocycles. The molecule has 0 spiro atoms. The van der Waals surface area contributed by atoms with Crippen molar-refractivity contribution in [3.63, 3.8) is 0 Å². The molecule has 0 aliphatic rings. The van der Waals surface area contributed by atoms with Crippen LogP contribution in [0.5, 0.6) is 5.75 Å². The van der Waals surface area contributed by atoms with E-state index in [0.717, 1.165) is 5.56 Å². The summed E-state index contributed by atoms with van der Waals surface area (Å²) in [6.07, 6.45) is 1.54. The van der Waals surface area contributed by atoms with Crippen molar-refractivity contribution in [1.29, 1.82) is 0 Å². The summed E-state index contributed by atoms with van der Waals surface area (Å²) in [5.74, 6) is 1.07. The maximum atomic E-state index is 12.5. The molecule has 124 valence electrons. The van der Waals surface area contributed by atoms with Crippen molar-refractivity contribution in [2.45, 2.75) is 17.6 Å². The van der Waals surface area contributed by atoms with Crippen LogP contribution in [-0.2, 0) is 15.6 Å². The van der Waals surface area contributed by atoms with Crippen LogP contribution in [0.1, 0.15) is 12.8 Å². The molecule has 24 heavy (non-hydrogen) atoms. The van der Waals surface area contributed by atoms with E-state index in [1.807, 2.05) is 37.3 Å². The molecule has 0 radical (unpaired) electrons. The van der Waals surface area contributed by atoms with Gasteiger partial charge in [-0.3, -0.25) is 0 Å². The number of hydrogen-bond acceptors (Lipinski definition) is 5. The van der Waals surface area contributed by atoms with Crippen LogP contribution < -0.4 is 4.74 Å². The number of ether oxygens (including phenoxy) is 1. The summed E-state index contributed by atoms with van der Waals surface area (Å²) in [4.78, 5) is 4.29. The Morgan fingerprint density at radius 3 is 2.42 bits per heavy atom. The minimum absolute atomic E-state index is 0.169. The Bertz CT molecular complexity index is 900. The molecule has 5 nitrogen and oxygen atoms in total. The molecule has 3 aromatic rings. The molecule has 6 heteroatoms. The second-order valence-corrected chi connectivity index (χ2v) is 7.14. The smallest absolute Gasteiger partial charge is 0.210 e. The second-order valence-electron chi connectivity index (χ2n) is 5.15. The van der Waals surface area contributed by atoms with E-state index in [1.165, 1.54) is 12.1 Å². The molecule has 2 aromatic carbocycles. The number of aromatic nitrogens is 1. The van der Waals surface area contributed by atoms with E-state index in [2.05, 4.69) is 4.98 Å². The molecular weight excluding hydrogens is 326 g/mol. The lowest BCUT2D eigenvalue weighted by Crippen LogP contribution is -2.05. The maximum Gasteiger partial charge on any atom is 0.210 e. The van der Waals surface area contributed by atoms with Gasteiger partial charge in [-0.1, -0.05) is 30.3 Å². The van der Waals surface area contributed by atoms with Crippen molar-refractivity contribution in [1.82, 2.24) is 4.98 Å². The first kappa shape index (κ1) is 16.3. The normalized spacial score (nSPS) is 11.4. The largest absolute Gasteiger partial charge is 0.494 e. The second kappa shape index (κ2) is 6.88. The highest BCUT2D eigenvalue weighted by molar-refractivity contribution is 7.90. The van der Waals surface area contributed by atoms with Gasteiger partial charge in [0, 0.05) is 5.56 Å². The molecule has 0 aliphatic heterocycles. The number of benzene rings is 2. The average Bonchev–Trinajstić information content (AvgIpc) is 3.04. The van der Waals surface area contributed by atoms with E-state index in [4.69, 9.17) is 9.15 Å². The van der Waals surface area contributed by atoms with Gasteiger partial charge in [-0.05, 0) is 31.2 Å². The van der Waals surface area contributed by atoms with E-state index in [0.29, 0.717) is 18.1 Å². The van der Waals surface area contributed by atoms with Crippen LogP contribution in [0.25, 0.3) is 11.3 Å². The SMILES string of the molecule is CCOc1ccc(S(=O)(=O)Cc2ncc(-c3ccccc3)o2)cc1. The number of hydrogen-bond donors (Lipinski definition) is 0. The Labute approximate surface area is 140 Å². The van der Waals surface area contributed by atoms with Gasteiger partial charge < -0.3 is 9.15 Å². The van der Waals surface area contributed by atoms with Gasteiger partial charge in [-0.25, -0.2) is 13.4 Å². The van der Waals surface area contributed by atoms with Crippen LogP contribution in [0, 0.1) is 0 Å². The van der Waals surface area contributed by atoms with Crippen molar-refractivity contribution < 1.29 is 17.6 Å². The molecule has 0 bridgehead atoms. The van der Waals surface area contributed by atoms with E-state index in [-0.39, 0.29) is 16.5 Å². The summed E-state index contributed by atoms with van der Waals surface area (Å²) < 4.78 is 35.8. The maximum absolute atomic E-state index is 12.5. The fourth-order valence-electron chi connectivity index (χ4n) is 2.27. The third kappa shape index (κ3) is 3.65. The lowest BCUT2D eigenvalue weighted by molar-refractivity contribution is 0.340. The summed E-state index contributed by atoms with van der Waals surface area (Å²) in [5, 5.41) is 0. The van der Waals surface area contributed by atoms with Crippen molar-refractivity contribution in [3.8, 4) is 17.1 Å². The molecule has 0 atom stereocenters. The van der Waals surface area contributed by atoms with Gasteiger partial charge in [0.05, 0.1) is 17.7 Å². The van der Waals surface area contributed by atoms with Gasteiger partial charge in [0.1, 0.15) is 11.5 Å². The lowest BCUT2D eigenvalue weighted by atomic mass is 10.2. The third-order valence-corrected chi connectivity index (χ3v) is 5.04. The summed E-state index contributed by atoms with van der Waals surface area (Å²) in [5.41, 5.74) is 0.856. The first-order valence-corrected chi connectivity index (χ1v) is 9.19. The van der Waals surface area contributed by atoms with Crippen molar-refractivity contribution in [3.05, 3.63) is 66.7 Å². The van der Waals surface area contributed by atoms with Crippen LogP contribution in [0.15, 0.2) is 70.1 Å². The van der Waals surface area contributed by atoms with Crippen LogP contribution in [0.4, 0.5) is 0 Å². The van der Waals surface area contributed by atoms with E-state index in [9.17, 15) is 8.42 Å². The lowest BCUT2D eigenvalue weighted by Gasteiger charge is -2.05. The number of rotatable bonds is 6. The predicted octanol–water partition coefficient (Wildman–Crippen LogP) is 3.71. The molecule has 0 saturated heterocycles. The highest BCUT2D eigenvalue weighted by atomic mass is 32.2. The van der Waals surface area contributed by atoms with Gasteiger partial charge in [0.2, 0.25) is 5.89 Å². The third-order valence-electron chi connectivity index (χ3n) is 3.42. The molecule has 3 rings (SSSR count). The molecule has 1 heterocycles. The Kier molecular flexibility index (Phi) is 4.66. The van der Waals surface area contributed by atoms with Crippen molar-refractivity contribution in [2.75, 3.05) is 6.61 Å². The first-order valence-electron chi connectivity index (χ1n) is 7.54. The first-order chi connectivity index (χ1) is 11.6. The van der Waals surface area contributed by atoms with E-state index in [1.54, 1.807) is 18.3 Å². The molecule has 0 fully saturated rings. The van der Waals surface area contributed by atoms with Crippen LogP contribution >= 0.6 is 0 Å². The molecule has 0 unspecified atom stereocenters. The summed E-state index contributed by atoms with van der Waals surface area (Å²) >= 11 is 0. The Morgan fingerprint density at radius 2 is 1.75 bits per heavy atom. The fourth-order valence-corrected chi connectivity index (χ4v) is 3.44. The Morgan fingerprint density at radius 1 is 1.04 bits per heavy atom. The van der Waals surface area contributed by atoms with Crippen LogP contribution in [0.2, 0.25) is 0 Å². The number of nitrogens with zero attached hydrogens (tertiary/aromatic N) is 1. The minimum atomic E-state index is -3.53. The van der Waals surface area contributed by atoms with Crippen LogP contribution in [0.3, 0.4) is 0 Å². The quantitative estimate of drug-likeness (QED) is 0.682. The highest BCUT2D eigenvalue weighted by Crippen LogP contribution is 2.23. The molecule has 0 saturated carbocycles. The Balaban J connectivity index is 1.78. The topological polar surface area (TPSA) is 69.4 Å². The zero-order valence-electron chi connectivity index (χ0n) is 13.2. The molecule has 0 N–H and O–H groups in total. The zero-order chi connectivity index (χ0) is 17.0. The summed E-state index contributed by atoms with van der Waals surface area (Å²) in [6.45, 7) is 2.40. The molecule has 0 amide bonds. The standard InChI is InChI=1S/C18H17NO4S/c1-2-22-15-8-10-16(11-9-15)24(20,21)13-18-19-12-17(23-18)14-6-4-3-5-7-14/h3-12H,2,13H2,1H3. The predicted molar refractivity (Wildman–Crippen MR) is 90.4 cm³/mol. The molecular formula is C18H17NO4S. The summed E-state index contributed by atoms with van der Waals surface area (Å²) in [7, 11) is -3.53. The highest BCUT2D eigenvalue weighted by Gasteiger charge is 2.19.